The van der Waals surface area contributed by atoms with Gasteiger partial charge in [0.15, 0.2) is 0 Å². The van der Waals surface area contributed by atoms with Gasteiger partial charge in [0.2, 0.25) is 0 Å². The predicted molar refractivity (Wildman–Crippen MR) is 45.6 cm³/mol. The lowest BCUT2D eigenvalue weighted by molar-refractivity contribution is -0.0498. The zero-order valence-electron chi connectivity index (χ0n) is 6.84. The highest BCUT2D eigenvalue weighted by Gasteiger charge is 2.03. The van der Waals surface area contributed by atoms with E-state index in [1.165, 1.54) is 12.1 Å². The molecule has 0 radical (unpaired) electrons. The normalized spacial score (nSPS) is 9.69. The van der Waals surface area contributed by atoms with Crippen molar-refractivity contribution < 1.29 is 13.5 Å². The lowest BCUT2D eigenvalue weighted by Gasteiger charge is -2.04. The van der Waals surface area contributed by atoms with Crippen LogP contribution in [-0.2, 0) is 6.42 Å². The number of rotatable bonds is 3. The molecule has 1 nitrogen and oxygen atoms in total. The SMILES string of the molecule is C#CCc1cccc(OC(F)F)c1. The zero-order chi connectivity index (χ0) is 9.68. The van der Waals surface area contributed by atoms with Crippen LogP contribution in [0.4, 0.5) is 8.78 Å². The van der Waals surface area contributed by atoms with Gasteiger partial charge >= 0.3 is 6.61 Å². The Bertz CT molecular complexity index is 315. The number of hydrogen-bond donors (Lipinski definition) is 0. The van der Waals surface area contributed by atoms with E-state index in [2.05, 4.69) is 10.7 Å². The summed E-state index contributed by atoms with van der Waals surface area (Å²) in [6, 6.07) is 6.36. The van der Waals surface area contributed by atoms with Gasteiger partial charge in [-0.1, -0.05) is 12.1 Å². The highest BCUT2D eigenvalue weighted by molar-refractivity contribution is 5.30. The number of ether oxygens (including phenoxy) is 1. The predicted octanol–water partition coefficient (Wildman–Crippen LogP) is 2.46. The average molecular weight is 182 g/mol. The topological polar surface area (TPSA) is 9.23 Å². The molecular formula is C10H8F2O. The van der Waals surface area contributed by atoms with Crippen LogP contribution in [0.3, 0.4) is 0 Å². The van der Waals surface area contributed by atoms with Crippen LogP contribution in [0.5, 0.6) is 5.75 Å². The third-order valence-corrected chi connectivity index (χ3v) is 1.43. The zero-order valence-corrected chi connectivity index (χ0v) is 6.84. The van der Waals surface area contributed by atoms with Crippen LogP contribution in [0, 0.1) is 12.3 Å². The molecule has 0 bridgehead atoms. The van der Waals surface area contributed by atoms with Gasteiger partial charge in [0.05, 0.1) is 0 Å². The molecule has 0 aliphatic rings. The van der Waals surface area contributed by atoms with E-state index < -0.39 is 6.61 Å². The van der Waals surface area contributed by atoms with Crippen molar-refractivity contribution in [2.45, 2.75) is 13.0 Å². The van der Waals surface area contributed by atoms with E-state index in [0.717, 1.165) is 5.56 Å². The van der Waals surface area contributed by atoms with Crippen molar-refractivity contribution in [3.8, 4) is 18.1 Å². The second-order valence-corrected chi connectivity index (χ2v) is 2.41. The van der Waals surface area contributed by atoms with Crippen LogP contribution in [0.1, 0.15) is 5.56 Å². The van der Waals surface area contributed by atoms with E-state index in [1.807, 2.05) is 0 Å². The summed E-state index contributed by atoms with van der Waals surface area (Å²) in [4.78, 5) is 0. The quantitative estimate of drug-likeness (QED) is 0.652. The Hall–Kier alpha value is -1.56. The minimum absolute atomic E-state index is 0.141. The molecule has 0 aromatic heterocycles. The molecule has 0 saturated heterocycles. The molecule has 0 aliphatic heterocycles. The Morgan fingerprint density at radius 2 is 2.23 bits per heavy atom. The Balaban J connectivity index is 2.74. The molecule has 1 aromatic carbocycles. The van der Waals surface area contributed by atoms with Crippen LogP contribution in [-0.4, -0.2) is 6.61 Å². The maximum atomic E-state index is 11.8. The van der Waals surface area contributed by atoms with E-state index in [4.69, 9.17) is 6.42 Å². The molecule has 0 amide bonds. The first-order chi connectivity index (χ1) is 6.22. The van der Waals surface area contributed by atoms with Crippen LogP contribution in [0.2, 0.25) is 0 Å². The molecule has 13 heavy (non-hydrogen) atoms. The minimum atomic E-state index is -2.79. The van der Waals surface area contributed by atoms with Gasteiger partial charge in [0, 0.05) is 6.42 Å². The fraction of sp³-hybridized carbons (Fsp3) is 0.200. The van der Waals surface area contributed by atoms with E-state index >= 15 is 0 Å². The lowest BCUT2D eigenvalue weighted by atomic mass is 10.1. The van der Waals surface area contributed by atoms with Crippen LogP contribution >= 0.6 is 0 Å². The summed E-state index contributed by atoms with van der Waals surface area (Å²) in [5.41, 5.74) is 0.792. The smallest absolute Gasteiger partial charge is 0.387 e. The second kappa shape index (κ2) is 4.46. The maximum Gasteiger partial charge on any atom is 0.387 e. The van der Waals surface area contributed by atoms with Crippen molar-refractivity contribution in [1.82, 2.24) is 0 Å². The van der Waals surface area contributed by atoms with E-state index in [-0.39, 0.29) is 5.75 Å². The Labute approximate surface area is 75.3 Å². The molecule has 0 N–H and O–H groups in total. The largest absolute Gasteiger partial charge is 0.435 e. The number of hydrogen-bond acceptors (Lipinski definition) is 1. The van der Waals surface area contributed by atoms with E-state index in [1.54, 1.807) is 12.1 Å². The molecule has 0 saturated carbocycles. The fourth-order valence-corrected chi connectivity index (χ4v) is 0.949. The fourth-order valence-electron chi connectivity index (χ4n) is 0.949. The summed E-state index contributed by atoms with van der Waals surface area (Å²) in [5.74, 6) is 2.56. The lowest BCUT2D eigenvalue weighted by Crippen LogP contribution is -2.01. The molecule has 1 aromatic rings. The first-order valence-corrected chi connectivity index (χ1v) is 3.69. The second-order valence-electron chi connectivity index (χ2n) is 2.41. The van der Waals surface area contributed by atoms with Gasteiger partial charge in [0.1, 0.15) is 5.75 Å². The summed E-state index contributed by atoms with van der Waals surface area (Å²) in [6.45, 7) is -2.79. The standard InChI is InChI=1S/C10H8F2O/c1-2-4-8-5-3-6-9(7-8)13-10(11)12/h1,3,5-7,10H,4H2. The summed E-state index contributed by atoms with van der Waals surface area (Å²) in [6.07, 6.45) is 5.49. The molecule has 1 rings (SSSR count). The van der Waals surface area contributed by atoms with Crippen molar-refractivity contribution in [2.75, 3.05) is 0 Å². The van der Waals surface area contributed by atoms with Gasteiger partial charge in [-0.05, 0) is 17.7 Å². The number of alkyl halides is 2. The van der Waals surface area contributed by atoms with Crippen molar-refractivity contribution in [3.05, 3.63) is 29.8 Å². The van der Waals surface area contributed by atoms with Crippen LogP contribution < -0.4 is 4.74 Å². The van der Waals surface area contributed by atoms with Gasteiger partial charge in [0.25, 0.3) is 0 Å². The first kappa shape index (κ1) is 9.53. The van der Waals surface area contributed by atoms with Gasteiger partial charge in [-0.25, -0.2) is 0 Å². The molecule has 3 heteroatoms. The Kier molecular flexibility index (Phi) is 3.27. The van der Waals surface area contributed by atoms with Crippen molar-refractivity contribution in [3.63, 3.8) is 0 Å². The number of benzene rings is 1. The van der Waals surface area contributed by atoms with Gasteiger partial charge < -0.3 is 4.74 Å². The summed E-state index contributed by atoms with van der Waals surface area (Å²) < 4.78 is 27.8. The van der Waals surface area contributed by atoms with Crippen LogP contribution in [0.25, 0.3) is 0 Å². The Morgan fingerprint density at radius 1 is 1.46 bits per heavy atom. The summed E-state index contributed by atoms with van der Waals surface area (Å²) >= 11 is 0. The maximum absolute atomic E-state index is 11.8. The first-order valence-electron chi connectivity index (χ1n) is 3.69. The van der Waals surface area contributed by atoms with E-state index in [9.17, 15) is 8.78 Å². The third kappa shape index (κ3) is 3.12. The third-order valence-electron chi connectivity index (χ3n) is 1.43. The molecule has 0 spiro atoms. The Morgan fingerprint density at radius 3 is 2.85 bits per heavy atom. The summed E-state index contributed by atoms with van der Waals surface area (Å²) in [7, 11) is 0. The molecule has 0 aliphatic carbocycles. The highest BCUT2D eigenvalue weighted by atomic mass is 19.3. The van der Waals surface area contributed by atoms with Gasteiger partial charge in [-0.2, -0.15) is 8.78 Å². The monoisotopic (exact) mass is 182 g/mol. The average Bonchev–Trinajstić information content (AvgIpc) is 2.04. The molecule has 0 unspecified atom stereocenters. The van der Waals surface area contributed by atoms with Crippen molar-refractivity contribution >= 4 is 0 Å². The summed E-state index contributed by atoms with van der Waals surface area (Å²) in [5, 5.41) is 0. The highest BCUT2D eigenvalue weighted by Crippen LogP contribution is 2.15. The van der Waals surface area contributed by atoms with Crippen LogP contribution in [0.15, 0.2) is 24.3 Å². The molecule has 0 fully saturated rings. The molecular weight excluding hydrogens is 174 g/mol. The van der Waals surface area contributed by atoms with Gasteiger partial charge in [-0.15, -0.1) is 12.3 Å². The molecule has 68 valence electrons. The molecule has 0 heterocycles. The molecule has 0 atom stereocenters. The van der Waals surface area contributed by atoms with Crippen molar-refractivity contribution in [1.29, 1.82) is 0 Å². The minimum Gasteiger partial charge on any atom is -0.435 e. The van der Waals surface area contributed by atoms with Gasteiger partial charge in [-0.3, -0.25) is 0 Å². The number of halogens is 2. The number of terminal acetylenes is 1. The van der Waals surface area contributed by atoms with Crippen molar-refractivity contribution in [2.24, 2.45) is 0 Å². The van der Waals surface area contributed by atoms with E-state index in [0.29, 0.717) is 6.42 Å².